The third-order valence-electron chi connectivity index (χ3n) is 13.5. The van der Waals surface area contributed by atoms with Crippen molar-refractivity contribution in [2.75, 3.05) is 19.6 Å². The van der Waals surface area contributed by atoms with Crippen LogP contribution in [0, 0.1) is 46.3 Å². The number of amides is 1. The third kappa shape index (κ3) is 10.4. The van der Waals surface area contributed by atoms with Crippen LogP contribution in [0.2, 0.25) is 0 Å². The number of hydrogen-bond donors (Lipinski definition) is 4. The molecule has 0 aromatic carbocycles. The normalized spacial score (nSPS) is 31.9. The monoisotopic (exact) mass is 722 g/mol. The van der Waals surface area contributed by atoms with Gasteiger partial charge in [-0.05, 0) is 149 Å². The van der Waals surface area contributed by atoms with Crippen LogP contribution in [0.5, 0.6) is 0 Å². The number of carbonyl (C=O) groups excluding carboxylic acids is 1. The van der Waals surface area contributed by atoms with Crippen LogP contribution in [-0.4, -0.2) is 37.4 Å². The largest absolute Gasteiger partial charge is 0.446 e. The first-order chi connectivity index (χ1) is 21.0. The molecule has 0 spiro atoms. The Kier molecular flexibility index (Phi) is 19.0. The number of nitrogens with one attached hydrogen (secondary N) is 1. The number of alkyl carbamates (subject to hydrolysis) is 1. The first-order valence-corrected chi connectivity index (χ1v) is 18.8. The highest BCUT2D eigenvalue weighted by molar-refractivity contribution is 5.86. The van der Waals surface area contributed by atoms with Gasteiger partial charge in [-0.2, -0.15) is 0 Å². The molecule has 0 bridgehead atoms. The predicted molar refractivity (Wildman–Crippen MR) is 206 cm³/mol. The van der Waals surface area contributed by atoms with E-state index in [0.717, 1.165) is 93.3 Å². The van der Waals surface area contributed by atoms with E-state index in [4.69, 9.17) is 21.9 Å². The third-order valence-corrected chi connectivity index (χ3v) is 13.5. The molecule has 0 aromatic heterocycles. The molecule has 1 amide bonds. The highest BCUT2D eigenvalue weighted by Crippen LogP contribution is 2.67. The zero-order chi connectivity index (χ0) is 32.0. The number of rotatable bonds is 16. The maximum Gasteiger partial charge on any atom is 0.407 e. The van der Waals surface area contributed by atoms with Crippen LogP contribution in [0.1, 0.15) is 144 Å². The highest BCUT2D eigenvalue weighted by atomic mass is 35.5. The molecule has 8 atom stereocenters. The number of halogens is 3. The molecule has 0 aliphatic heterocycles. The van der Waals surface area contributed by atoms with Gasteiger partial charge in [-0.25, -0.2) is 4.79 Å². The lowest BCUT2D eigenvalue weighted by atomic mass is 9.47. The second-order valence-corrected chi connectivity index (χ2v) is 16.6. The van der Waals surface area contributed by atoms with Gasteiger partial charge in [0.1, 0.15) is 6.10 Å². The van der Waals surface area contributed by atoms with E-state index in [1.165, 1.54) is 51.4 Å². The van der Waals surface area contributed by atoms with Gasteiger partial charge in [-0.1, -0.05) is 65.5 Å². The number of carbonyl (C=O) groups is 1. The topological polar surface area (TPSA) is 116 Å². The maximum absolute atomic E-state index is 13.4. The molecule has 3 saturated carbocycles. The lowest BCUT2D eigenvalue weighted by molar-refractivity contribution is -0.0584. The van der Waals surface area contributed by atoms with Crippen LogP contribution in [0.3, 0.4) is 0 Å². The summed E-state index contributed by atoms with van der Waals surface area (Å²) in [7, 11) is 0. The summed E-state index contributed by atoms with van der Waals surface area (Å²) in [5, 5.41) is 3.32. The minimum atomic E-state index is -0.338. The Bertz CT molecular complexity index is 945. The molecule has 4 rings (SSSR count). The minimum absolute atomic E-state index is 0. The SMILES string of the molecule is CC(C)CCC[C@@H](C)[C@H]1CC[C@H]2[C@@H]3CC=C4C[C@@H](OC(=O)NC(CCCN)(CCCN)CCCN)CC[C@]4(C)[C@H]3CC[C@]12C.Cl.Cl.Cl. The zero-order valence-electron chi connectivity index (χ0n) is 30.5. The summed E-state index contributed by atoms with van der Waals surface area (Å²) in [5.74, 6) is 5.04. The maximum atomic E-state index is 13.4. The van der Waals surface area contributed by atoms with Gasteiger partial charge in [0.25, 0.3) is 0 Å². The smallest absolute Gasteiger partial charge is 0.407 e. The molecule has 6 nitrogen and oxygen atoms in total. The molecule has 3 fully saturated rings. The summed E-state index contributed by atoms with van der Waals surface area (Å²) < 4.78 is 6.20. The molecule has 7 N–H and O–H groups in total. The molecule has 278 valence electrons. The van der Waals surface area contributed by atoms with E-state index in [-0.39, 0.29) is 60.4 Å². The Morgan fingerprint density at radius 2 is 1.49 bits per heavy atom. The van der Waals surface area contributed by atoms with Crippen molar-refractivity contribution in [2.45, 2.75) is 155 Å². The van der Waals surface area contributed by atoms with E-state index >= 15 is 0 Å². The van der Waals surface area contributed by atoms with Crippen molar-refractivity contribution in [3.63, 3.8) is 0 Å². The Hall–Kier alpha value is -0.240. The van der Waals surface area contributed by atoms with Crippen molar-refractivity contribution in [1.29, 1.82) is 0 Å². The molecule has 0 radical (unpaired) electrons. The Morgan fingerprint density at radius 1 is 0.872 bits per heavy atom. The van der Waals surface area contributed by atoms with Gasteiger partial charge in [-0.3, -0.25) is 0 Å². The fraction of sp³-hybridized carbons (Fsp3) is 0.921. The molecule has 4 aliphatic rings. The van der Waals surface area contributed by atoms with E-state index in [1.807, 2.05) is 0 Å². The second-order valence-electron chi connectivity index (χ2n) is 16.6. The Morgan fingerprint density at radius 3 is 2.06 bits per heavy atom. The molecule has 0 saturated heterocycles. The average Bonchev–Trinajstić information content (AvgIpc) is 3.35. The molecular weight excluding hydrogens is 651 g/mol. The van der Waals surface area contributed by atoms with Crippen LogP contribution in [0.4, 0.5) is 4.79 Å². The van der Waals surface area contributed by atoms with Crippen molar-refractivity contribution in [3.05, 3.63) is 11.6 Å². The molecular formula is C38H73Cl3N4O2. The second kappa shape index (κ2) is 20.0. The summed E-state index contributed by atoms with van der Waals surface area (Å²) in [6.45, 7) is 14.4. The van der Waals surface area contributed by atoms with E-state index < -0.39 is 0 Å². The van der Waals surface area contributed by atoms with Crippen molar-refractivity contribution in [2.24, 2.45) is 63.5 Å². The minimum Gasteiger partial charge on any atom is -0.446 e. The summed E-state index contributed by atoms with van der Waals surface area (Å²) in [5.41, 5.74) is 19.6. The van der Waals surface area contributed by atoms with E-state index in [9.17, 15) is 4.79 Å². The highest BCUT2D eigenvalue weighted by Gasteiger charge is 2.59. The van der Waals surface area contributed by atoms with Gasteiger partial charge in [0.2, 0.25) is 0 Å². The lowest BCUT2D eigenvalue weighted by Gasteiger charge is -2.58. The fourth-order valence-corrected chi connectivity index (χ4v) is 11.0. The van der Waals surface area contributed by atoms with Gasteiger partial charge < -0.3 is 27.3 Å². The van der Waals surface area contributed by atoms with Crippen LogP contribution in [0.25, 0.3) is 0 Å². The first-order valence-electron chi connectivity index (χ1n) is 18.8. The summed E-state index contributed by atoms with van der Waals surface area (Å²) in [6, 6.07) is 0. The van der Waals surface area contributed by atoms with E-state index in [1.54, 1.807) is 5.57 Å². The Labute approximate surface area is 307 Å². The summed E-state index contributed by atoms with van der Waals surface area (Å²) in [4.78, 5) is 13.4. The van der Waals surface area contributed by atoms with Crippen LogP contribution < -0.4 is 22.5 Å². The van der Waals surface area contributed by atoms with Crippen molar-refractivity contribution in [3.8, 4) is 0 Å². The standard InChI is InChI=1S/C38H70N4O2.3ClH/c1-27(2)10-6-11-28(3)32-14-15-33-31-13-12-29-26-30(16-21-36(29,4)34(31)17-22-37(32,33)5)44-35(43)42-38(18-7-23-39,19-8-24-40)20-9-25-41;;;/h12,27-28,30-34H,6-11,13-26,39-41H2,1-5H3,(H,42,43);3*1H/t28-,30+,31+,32-,33+,34+,36+,37-;;;/m1.../s1. The van der Waals surface area contributed by atoms with Crippen molar-refractivity contribution >= 4 is 43.3 Å². The number of fused-ring (bicyclic) bond motifs is 5. The lowest BCUT2D eigenvalue weighted by Crippen LogP contribution is -2.52. The van der Waals surface area contributed by atoms with Crippen LogP contribution in [-0.2, 0) is 4.74 Å². The molecule has 4 aliphatic carbocycles. The van der Waals surface area contributed by atoms with Gasteiger partial charge >= 0.3 is 6.09 Å². The fourth-order valence-electron chi connectivity index (χ4n) is 11.0. The van der Waals surface area contributed by atoms with Gasteiger partial charge in [0.15, 0.2) is 0 Å². The van der Waals surface area contributed by atoms with Crippen LogP contribution in [0.15, 0.2) is 11.6 Å². The van der Waals surface area contributed by atoms with Gasteiger partial charge in [0, 0.05) is 12.0 Å². The van der Waals surface area contributed by atoms with Gasteiger partial charge in [0.05, 0.1) is 0 Å². The van der Waals surface area contributed by atoms with E-state index in [2.05, 4.69) is 46.0 Å². The number of allylic oxidation sites excluding steroid dienone is 1. The first kappa shape index (κ1) is 44.8. The average molecular weight is 724 g/mol. The summed E-state index contributed by atoms with van der Waals surface area (Å²) >= 11 is 0. The number of nitrogens with two attached hydrogens (primary N) is 3. The summed E-state index contributed by atoms with van der Waals surface area (Å²) in [6.07, 6.45) is 21.4. The number of ether oxygens (including phenoxy) is 1. The predicted octanol–water partition coefficient (Wildman–Crippen LogP) is 9.34. The number of hydrogen-bond acceptors (Lipinski definition) is 5. The van der Waals surface area contributed by atoms with Crippen LogP contribution >= 0.6 is 37.2 Å². The quantitative estimate of drug-likeness (QED) is 0.119. The molecule has 47 heavy (non-hydrogen) atoms. The molecule has 9 heteroatoms. The van der Waals surface area contributed by atoms with Gasteiger partial charge in [-0.15, -0.1) is 37.2 Å². The molecule has 0 unspecified atom stereocenters. The van der Waals surface area contributed by atoms with Crippen molar-refractivity contribution < 1.29 is 9.53 Å². The Balaban J connectivity index is 0.00000368. The molecule has 0 heterocycles. The van der Waals surface area contributed by atoms with E-state index in [0.29, 0.717) is 25.0 Å². The molecule has 0 aromatic rings. The van der Waals surface area contributed by atoms with Crippen molar-refractivity contribution in [1.82, 2.24) is 5.32 Å². The zero-order valence-corrected chi connectivity index (χ0v) is 33.0.